The van der Waals surface area contributed by atoms with Crippen LogP contribution < -0.4 is 5.32 Å². The molecule has 2 rings (SSSR count). The number of hydrogen-bond acceptors (Lipinski definition) is 4. The van der Waals surface area contributed by atoms with Crippen LogP contribution in [-0.2, 0) is 17.8 Å². The van der Waals surface area contributed by atoms with Gasteiger partial charge in [0, 0.05) is 13.0 Å². The van der Waals surface area contributed by atoms with Crippen LogP contribution >= 0.6 is 0 Å². The summed E-state index contributed by atoms with van der Waals surface area (Å²) < 4.78 is 5.05. The van der Waals surface area contributed by atoms with Crippen molar-refractivity contribution in [1.29, 1.82) is 0 Å². The third-order valence-corrected chi connectivity index (χ3v) is 3.08. The maximum Gasteiger partial charge on any atom is 0.407 e. The highest BCUT2D eigenvalue weighted by Crippen LogP contribution is 2.12. The molecule has 5 nitrogen and oxygen atoms in total. The molecule has 3 N–H and O–H groups in total. The van der Waals surface area contributed by atoms with Gasteiger partial charge in [-0.2, -0.15) is 0 Å². The molecular formula is C17H19NO4. The first kappa shape index (κ1) is 15.9. The second kappa shape index (κ2) is 8.05. The minimum absolute atomic E-state index is 0.0866. The molecule has 0 aliphatic heterocycles. The quantitative estimate of drug-likeness (QED) is 0.764. The highest BCUT2D eigenvalue weighted by Gasteiger charge is 2.09. The Morgan fingerprint density at radius 3 is 2.55 bits per heavy atom. The lowest BCUT2D eigenvalue weighted by Crippen LogP contribution is -2.33. The normalized spacial score (nSPS) is 11.7. The molecule has 5 heteroatoms. The van der Waals surface area contributed by atoms with Gasteiger partial charge < -0.3 is 20.3 Å². The Kier molecular flexibility index (Phi) is 5.80. The highest BCUT2D eigenvalue weighted by atomic mass is 16.5. The van der Waals surface area contributed by atoms with Crippen LogP contribution in [0.15, 0.2) is 54.6 Å². The first-order chi connectivity index (χ1) is 10.6. The third-order valence-electron chi connectivity index (χ3n) is 3.08. The molecule has 1 amide bonds. The van der Waals surface area contributed by atoms with Crippen molar-refractivity contribution in [2.24, 2.45) is 0 Å². The number of ether oxygens (including phenoxy) is 1. The molecule has 1 atom stereocenters. The van der Waals surface area contributed by atoms with Gasteiger partial charge in [0.05, 0.1) is 6.10 Å². The molecular weight excluding hydrogens is 282 g/mol. The lowest BCUT2D eigenvalue weighted by atomic mass is 10.1. The van der Waals surface area contributed by atoms with E-state index in [1.807, 2.05) is 30.3 Å². The topological polar surface area (TPSA) is 78.8 Å². The number of carbonyl (C=O) groups is 1. The van der Waals surface area contributed by atoms with Crippen molar-refractivity contribution >= 4 is 6.09 Å². The van der Waals surface area contributed by atoms with Crippen LogP contribution in [0.2, 0.25) is 0 Å². The molecule has 0 saturated carbocycles. The number of aromatic hydroxyl groups is 1. The van der Waals surface area contributed by atoms with E-state index < -0.39 is 12.2 Å². The summed E-state index contributed by atoms with van der Waals surface area (Å²) in [5.74, 6) is 0.153. The predicted octanol–water partition coefficient (Wildman–Crippen LogP) is 2.22. The summed E-state index contributed by atoms with van der Waals surface area (Å²) in [7, 11) is 0. The van der Waals surface area contributed by atoms with Gasteiger partial charge >= 0.3 is 6.09 Å². The predicted molar refractivity (Wildman–Crippen MR) is 82.4 cm³/mol. The van der Waals surface area contributed by atoms with E-state index in [1.54, 1.807) is 24.3 Å². The van der Waals surface area contributed by atoms with Crippen molar-refractivity contribution in [3.05, 3.63) is 65.7 Å². The maximum atomic E-state index is 11.5. The van der Waals surface area contributed by atoms with Gasteiger partial charge in [0.15, 0.2) is 0 Å². The number of alkyl carbamates (subject to hydrolysis) is 1. The van der Waals surface area contributed by atoms with Crippen molar-refractivity contribution in [2.45, 2.75) is 19.1 Å². The van der Waals surface area contributed by atoms with Gasteiger partial charge in [-0.15, -0.1) is 0 Å². The summed E-state index contributed by atoms with van der Waals surface area (Å²) in [6.45, 7) is 0.276. The van der Waals surface area contributed by atoms with Crippen LogP contribution in [0.3, 0.4) is 0 Å². The van der Waals surface area contributed by atoms with Crippen molar-refractivity contribution < 1.29 is 19.7 Å². The summed E-state index contributed by atoms with van der Waals surface area (Å²) >= 11 is 0. The lowest BCUT2D eigenvalue weighted by Gasteiger charge is -2.12. The monoisotopic (exact) mass is 301 g/mol. The van der Waals surface area contributed by atoms with Gasteiger partial charge in [-0.05, 0) is 23.3 Å². The number of aliphatic hydroxyl groups excluding tert-OH is 1. The van der Waals surface area contributed by atoms with Crippen LogP contribution in [-0.4, -0.2) is 29.0 Å². The van der Waals surface area contributed by atoms with Gasteiger partial charge in [0.1, 0.15) is 12.4 Å². The summed E-state index contributed by atoms with van der Waals surface area (Å²) in [6, 6.07) is 16.0. The Bertz CT molecular complexity index is 601. The maximum absolute atomic E-state index is 11.5. The number of phenolic OH excluding ortho intramolecular Hbond substituents is 1. The van der Waals surface area contributed by atoms with Crippen LogP contribution in [0.5, 0.6) is 5.75 Å². The minimum atomic E-state index is -0.744. The molecule has 0 aromatic heterocycles. The third kappa shape index (κ3) is 5.46. The Balaban J connectivity index is 1.69. The fraction of sp³-hybridized carbons (Fsp3) is 0.235. The highest BCUT2D eigenvalue weighted by molar-refractivity contribution is 5.67. The van der Waals surface area contributed by atoms with Gasteiger partial charge in [-0.1, -0.05) is 42.5 Å². The van der Waals surface area contributed by atoms with E-state index in [4.69, 9.17) is 4.74 Å². The lowest BCUT2D eigenvalue weighted by molar-refractivity contribution is 0.125. The fourth-order valence-electron chi connectivity index (χ4n) is 2.00. The largest absolute Gasteiger partial charge is 0.508 e. The van der Waals surface area contributed by atoms with Gasteiger partial charge in [0.25, 0.3) is 0 Å². The van der Waals surface area contributed by atoms with Gasteiger partial charge in [0.2, 0.25) is 0 Å². The molecule has 22 heavy (non-hydrogen) atoms. The molecule has 2 aromatic carbocycles. The molecule has 0 aliphatic rings. The number of benzene rings is 2. The smallest absolute Gasteiger partial charge is 0.407 e. The average Bonchev–Trinajstić information content (AvgIpc) is 2.52. The summed E-state index contributed by atoms with van der Waals surface area (Å²) in [4.78, 5) is 11.5. The number of carbonyl (C=O) groups excluding carboxylic acids is 1. The molecule has 0 heterocycles. The van der Waals surface area contributed by atoms with E-state index in [0.717, 1.165) is 11.1 Å². The minimum Gasteiger partial charge on any atom is -0.508 e. The van der Waals surface area contributed by atoms with Crippen molar-refractivity contribution in [3.8, 4) is 5.75 Å². The number of nitrogens with one attached hydrogen (secondary N) is 1. The molecule has 0 fully saturated rings. The van der Waals surface area contributed by atoms with E-state index in [2.05, 4.69) is 5.32 Å². The summed E-state index contributed by atoms with van der Waals surface area (Å²) in [5, 5.41) is 21.7. The zero-order valence-electron chi connectivity index (χ0n) is 12.1. The number of phenols is 1. The van der Waals surface area contributed by atoms with Gasteiger partial charge in [-0.3, -0.25) is 0 Å². The van der Waals surface area contributed by atoms with E-state index >= 15 is 0 Å². The number of hydrogen-bond donors (Lipinski definition) is 3. The molecule has 0 spiro atoms. The van der Waals surface area contributed by atoms with E-state index in [9.17, 15) is 15.0 Å². The number of amides is 1. The summed E-state index contributed by atoms with van der Waals surface area (Å²) in [5.41, 5.74) is 1.70. The molecule has 0 aliphatic carbocycles. The van der Waals surface area contributed by atoms with E-state index in [-0.39, 0.29) is 18.9 Å². The van der Waals surface area contributed by atoms with Gasteiger partial charge in [-0.25, -0.2) is 4.79 Å². The van der Waals surface area contributed by atoms with Crippen LogP contribution in [0.25, 0.3) is 0 Å². The average molecular weight is 301 g/mol. The Labute approximate surface area is 129 Å². The zero-order valence-corrected chi connectivity index (χ0v) is 12.1. The standard InChI is InChI=1S/C17H19NO4/c19-15-8-4-7-14(9-15)10-16(20)11-18-17(21)22-12-13-5-2-1-3-6-13/h1-9,16,19-20H,10-12H2,(H,18,21). The number of rotatable bonds is 6. The zero-order chi connectivity index (χ0) is 15.8. The fourth-order valence-corrected chi connectivity index (χ4v) is 2.00. The Morgan fingerprint density at radius 1 is 1.09 bits per heavy atom. The molecule has 1 unspecified atom stereocenters. The first-order valence-electron chi connectivity index (χ1n) is 7.04. The molecule has 0 saturated heterocycles. The second-order valence-electron chi connectivity index (χ2n) is 4.97. The van der Waals surface area contributed by atoms with Crippen molar-refractivity contribution in [2.75, 3.05) is 6.54 Å². The summed E-state index contributed by atoms with van der Waals surface area (Å²) in [6.07, 6.45) is -0.974. The Hall–Kier alpha value is -2.53. The molecule has 0 bridgehead atoms. The number of aliphatic hydroxyl groups is 1. The molecule has 2 aromatic rings. The SMILES string of the molecule is O=C(NCC(O)Cc1cccc(O)c1)OCc1ccccc1. The van der Waals surface area contributed by atoms with E-state index in [1.165, 1.54) is 0 Å². The molecule has 116 valence electrons. The second-order valence-corrected chi connectivity index (χ2v) is 4.97. The molecule has 0 radical (unpaired) electrons. The van der Waals surface area contributed by atoms with E-state index in [0.29, 0.717) is 6.42 Å². The van der Waals surface area contributed by atoms with Crippen LogP contribution in [0.4, 0.5) is 4.79 Å². The van der Waals surface area contributed by atoms with Crippen molar-refractivity contribution in [1.82, 2.24) is 5.32 Å². The Morgan fingerprint density at radius 2 is 1.82 bits per heavy atom. The van der Waals surface area contributed by atoms with Crippen LogP contribution in [0.1, 0.15) is 11.1 Å². The van der Waals surface area contributed by atoms with Crippen molar-refractivity contribution in [3.63, 3.8) is 0 Å². The first-order valence-corrected chi connectivity index (χ1v) is 7.04. The van der Waals surface area contributed by atoms with Crippen LogP contribution in [0, 0.1) is 0 Å².